The van der Waals surface area contributed by atoms with Crippen LogP contribution in [0.15, 0.2) is 18.2 Å². The molecule has 2 atom stereocenters. The van der Waals surface area contributed by atoms with Crippen molar-refractivity contribution in [2.75, 3.05) is 0 Å². The number of carbonyl (C=O) groups is 1. The molecule has 0 spiro atoms. The largest absolute Gasteiger partial charge is 0.480 e. The maximum absolute atomic E-state index is 10.6. The Morgan fingerprint density at radius 3 is 2.33 bits per heavy atom. The van der Waals surface area contributed by atoms with Gasteiger partial charge in [-0.25, -0.2) is 0 Å². The van der Waals surface area contributed by atoms with E-state index in [1.54, 1.807) is 12.1 Å². The quantitative estimate of drug-likeness (QED) is 0.755. The molecule has 82 valence electrons. The van der Waals surface area contributed by atoms with Crippen LogP contribution in [0.2, 0.25) is 10.0 Å². The van der Waals surface area contributed by atoms with Gasteiger partial charge in [0.05, 0.1) is 16.1 Å². The molecule has 0 amide bonds. The van der Waals surface area contributed by atoms with Crippen LogP contribution < -0.4 is 11.5 Å². The molecule has 0 heterocycles. The zero-order chi connectivity index (χ0) is 11.6. The normalized spacial score (nSPS) is 14.7. The van der Waals surface area contributed by atoms with Crippen molar-refractivity contribution in [3.8, 4) is 0 Å². The Balaban J connectivity index is 2.96. The van der Waals surface area contributed by atoms with Crippen molar-refractivity contribution < 1.29 is 9.90 Å². The number of hydrogen-bond acceptors (Lipinski definition) is 3. The molecule has 0 saturated heterocycles. The average molecular weight is 249 g/mol. The molecule has 4 nitrogen and oxygen atoms in total. The van der Waals surface area contributed by atoms with Crippen molar-refractivity contribution in [3.63, 3.8) is 0 Å². The van der Waals surface area contributed by atoms with E-state index in [1.807, 2.05) is 0 Å². The Labute approximate surface area is 96.8 Å². The molecular weight excluding hydrogens is 239 g/mol. The van der Waals surface area contributed by atoms with Crippen LogP contribution in [-0.2, 0) is 4.79 Å². The van der Waals surface area contributed by atoms with Gasteiger partial charge in [-0.3, -0.25) is 4.79 Å². The Morgan fingerprint density at radius 1 is 1.27 bits per heavy atom. The third kappa shape index (κ3) is 2.82. The molecule has 0 bridgehead atoms. The number of halogens is 2. The third-order valence-corrected chi connectivity index (χ3v) is 2.74. The number of benzene rings is 1. The molecule has 5 N–H and O–H groups in total. The fraction of sp³-hybridized carbons (Fsp3) is 0.222. The van der Waals surface area contributed by atoms with Gasteiger partial charge in [0.15, 0.2) is 0 Å². The molecule has 0 aliphatic carbocycles. The lowest BCUT2D eigenvalue weighted by molar-refractivity contribution is -0.139. The summed E-state index contributed by atoms with van der Waals surface area (Å²) in [7, 11) is 0. The maximum Gasteiger partial charge on any atom is 0.322 e. The molecule has 0 saturated carbocycles. The first-order valence-corrected chi connectivity index (χ1v) is 4.88. The van der Waals surface area contributed by atoms with E-state index in [0.29, 0.717) is 15.6 Å². The number of aliphatic carboxylic acids is 1. The molecule has 1 aromatic carbocycles. The van der Waals surface area contributed by atoms with Crippen molar-refractivity contribution in [2.24, 2.45) is 11.5 Å². The van der Waals surface area contributed by atoms with E-state index in [1.165, 1.54) is 6.07 Å². The highest BCUT2D eigenvalue weighted by atomic mass is 35.5. The SMILES string of the molecule is NC(C(=O)O)C(N)c1ccc(Cl)c(Cl)c1. The zero-order valence-corrected chi connectivity index (χ0v) is 9.16. The van der Waals surface area contributed by atoms with Crippen LogP contribution in [0.25, 0.3) is 0 Å². The van der Waals surface area contributed by atoms with Gasteiger partial charge >= 0.3 is 5.97 Å². The van der Waals surface area contributed by atoms with Gasteiger partial charge in [0, 0.05) is 0 Å². The van der Waals surface area contributed by atoms with Crippen molar-refractivity contribution in [1.29, 1.82) is 0 Å². The van der Waals surface area contributed by atoms with Gasteiger partial charge in [-0.15, -0.1) is 0 Å². The summed E-state index contributed by atoms with van der Waals surface area (Å²) in [6.07, 6.45) is 0. The van der Waals surface area contributed by atoms with Gasteiger partial charge in [0.2, 0.25) is 0 Å². The molecule has 1 rings (SSSR count). The van der Waals surface area contributed by atoms with Crippen LogP contribution in [0.1, 0.15) is 11.6 Å². The topological polar surface area (TPSA) is 89.3 Å². The molecule has 1 aromatic rings. The lowest BCUT2D eigenvalue weighted by Gasteiger charge is -2.16. The Bertz CT molecular complexity index is 384. The second kappa shape index (κ2) is 4.81. The summed E-state index contributed by atoms with van der Waals surface area (Å²) in [6.45, 7) is 0. The monoisotopic (exact) mass is 248 g/mol. The first-order chi connectivity index (χ1) is 6.93. The van der Waals surface area contributed by atoms with Gasteiger partial charge in [-0.05, 0) is 17.7 Å². The number of rotatable bonds is 3. The minimum atomic E-state index is -1.16. The molecule has 0 aliphatic rings. The van der Waals surface area contributed by atoms with Gasteiger partial charge in [-0.2, -0.15) is 0 Å². The van der Waals surface area contributed by atoms with Crippen LogP contribution in [0.5, 0.6) is 0 Å². The molecule has 0 fully saturated rings. The van der Waals surface area contributed by atoms with Crippen LogP contribution >= 0.6 is 23.2 Å². The predicted octanol–water partition coefficient (Wildman–Crippen LogP) is 1.41. The highest BCUT2D eigenvalue weighted by Gasteiger charge is 2.22. The van der Waals surface area contributed by atoms with Crippen molar-refractivity contribution in [2.45, 2.75) is 12.1 Å². The molecule has 15 heavy (non-hydrogen) atoms. The first kappa shape index (κ1) is 12.3. The summed E-state index contributed by atoms with van der Waals surface area (Å²) >= 11 is 11.5. The van der Waals surface area contributed by atoms with E-state index in [2.05, 4.69) is 0 Å². The zero-order valence-electron chi connectivity index (χ0n) is 7.65. The van der Waals surface area contributed by atoms with E-state index in [-0.39, 0.29) is 0 Å². The average Bonchev–Trinajstić information content (AvgIpc) is 2.19. The maximum atomic E-state index is 10.6. The molecule has 0 aromatic heterocycles. The Hall–Kier alpha value is -0.810. The smallest absolute Gasteiger partial charge is 0.322 e. The second-order valence-corrected chi connectivity index (χ2v) is 3.88. The van der Waals surface area contributed by atoms with Crippen molar-refractivity contribution in [1.82, 2.24) is 0 Å². The molecule has 0 radical (unpaired) electrons. The van der Waals surface area contributed by atoms with E-state index in [4.69, 9.17) is 39.8 Å². The lowest BCUT2D eigenvalue weighted by atomic mass is 10.0. The minimum Gasteiger partial charge on any atom is -0.480 e. The summed E-state index contributed by atoms with van der Waals surface area (Å²) in [6, 6.07) is 2.69. The first-order valence-electron chi connectivity index (χ1n) is 4.12. The van der Waals surface area contributed by atoms with E-state index in [9.17, 15) is 4.79 Å². The second-order valence-electron chi connectivity index (χ2n) is 3.06. The van der Waals surface area contributed by atoms with Gasteiger partial charge in [-0.1, -0.05) is 29.3 Å². The van der Waals surface area contributed by atoms with Gasteiger partial charge < -0.3 is 16.6 Å². The molecule has 2 unspecified atom stereocenters. The molecule has 0 aliphatic heterocycles. The summed E-state index contributed by atoms with van der Waals surface area (Å²) in [5, 5.41) is 9.38. The lowest BCUT2D eigenvalue weighted by Crippen LogP contribution is -2.40. The van der Waals surface area contributed by atoms with Crippen molar-refractivity contribution >= 4 is 29.2 Å². The predicted molar refractivity (Wildman–Crippen MR) is 59.0 cm³/mol. The van der Waals surface area contributed by atoms with Crippen molar-refractivity contribution in [3.05, 3.63) is 33.8 Å². The summed E-state index contributed by atoms with van der Waals surface area (Å²) < 4.78 is 0. The summed E-state index contributed by atoms with van der Waals surface area (Å²) in [4.78, 5) is 10.6. The molecular formula is C9H10Cl2N2O2. The number of hydrogen-bond donors (Lipinski definition) is 3. The molecule has 6 heteroatoms. The van der Waals surface area contributed by atoms with E-state index < -0.39 is 18.1 Å². The minimum absolute atomic E-state index is 0.321. The standard InChI is InChI=1S/C9H10Cl2N2O2/c10-5-2-1-4(3-6(5)11)7(12)8(13)9(14)15/h1-3,7-8H,12-13H2,(H,14,15). The van der Waals surface area contributed by atoms with Gasteiger partial charge in [0.1, 0.15) is 6.04 Å². The number of carboxylic acids is 1. The van der Waals surface area contributed by atoms with Crippen LogP contribution in [0.4, 0.5) is 0 Å². The fourth-order valence-electron chi connectivity index (χ4n) is 1.08. The van der Waals surface area contributed by atoms with E-state index >= 15 is 0 Å². The highest BCUT2D eigenvalue weighted by molar-refractivity contribution is 6.42. The van der Waals surface area contributed by atoms with E-state index in [0.717, 1.165) is 0 Å². The van der Waals surface area contributed by atoms with Crippen LogP contribution in [-0.4, -0.2) is 17.1 Å². The van der Waals surface area contributed by atoms with Gasteiger partial charge in [0.25, 0.3) is 0 Å². The highest BCUT2D eigenvalue weighted by Crippen LogP contribution is 2.25. The Kier molecular flexibility index (Phi) is 3.93. The summed E-state index contributed by atoms with van der Waals surface area (Å²) in [5.41, 5.74) is 11.6. The van der Waals surface area contributed by atoms with Crippen LogP contribution in [0.3, 0.4) is 0 Å². The Morgan fingerprint density at radius 2 is 1.87 bits per heavy atom. The third-order valence-electron chi connectivity index (χ3n) is 2.00. The number of carboxylic acid groups (broad SMARTS) is 1. The fourth-order valence-corrected chi connectivity index (χ4v) is 1.39. The number of nitrogens with two attached hydrogens (primary N) is 2. The summed E-state index contributed by atoms with van der Waals surface area (Å²) in [5.74, 6) is -1.16. The van der Waals surface area contributed by atoms with Crippen LogP contribution in [0, 0.1) is 0 Å².